The second kappa shape index (κ2) is 4.61. The topological polar surface area (TPSA) is 55.8 Å². The highest BCUT2D eigenvalue weighted by Crippen LogP contribution is 2.43. The summed E-state index contributed by atoms with van der Waals surface area (Å²) in [5.74, 6) is -0.0441. The van der Waals surface area contributed by atoms with Gasteiger partial charge in [0.25, 0.3) is 0 Å². The van der Waals surface area contributed by atoms with E-state index in [-0.39, 0.29) is 6.42 Å². The summed E-state index contributed by atoms with van der Waals surface area (Å²) in [5, 5.41) is 9.09. The van der Waals surface area contributed by atoms with Crippen LogP contribution in [0.5, 0.6) is 5.75 Å². The SMILES string of the molecule is COc1cc(C)cc(C)c1C1(CC(=O)O)COC1. The lowest BCUT2D eigenvalue weighted by Gasteiger charge is -2.42. The van der Waals surface area contributed by atoms with Crippen molar-refractivity contribution in [3.8, 4) is 5.75 Å². The Kier molecular flexibility index (Phi) is 3.30. The fraction of sp³-hybridized carbons (Fsp3) is 0.500. The minimum absolute atomic E-state index is 0.0766. The number of aliphatic carboxylic acids is 1. The average molecular weight is 250 g/mol. The molecule has 0 aliphatic carbocycles. The fourth-order valence-corrected chi connectivity index (χ4v) is 2.74. The third-order valence-corrected chi connectivity index (χ3v) is 3.44. The van der Waals surface area contributed by atoms with Gasteiger partial charge in [0.15, 0.2) is 0 Å². The molecule has 0 radical (unpaired) electrons. The number of hydrogen-bond donors (Lipinski definition) is 1. The standard InChI is InChI=1S/C14H18O4/c1-9-4-10(2)13(11(5-9)17-3)14(6-12(15)16)7-18-8-14/h4-5H,6-8H2,1-3H3,(H,15,16). The molecule has 98 valence electrons. The van der Waals surface area contributed by atoms with E-state index < -0.39 is 11.4 Å². The minimum Gasteiger partial charge on any atom is -0.496 e. The van der Waals surface area contributed by atoms with Crippen LogP contribution in [0.2, 0.25) is 0 Å². The summed E-state index contributed by atoms with van der Waals surface area (Å²) >= 11 is 0. The van der Waals surface area contributed by atoms with Gasteiger partial charge in [-0.15, -0.1) is 0 Å². The molecule has 1 heterocycles. The van der Waals surface area contributed by atoms with E-state index in [2.05, 4.69) is 6.07 Å². The summed E-state index contributed by atoms with van der Waals surface area (Å²) in [6.07, 6.45) is 0.0766. The van der Waals surface area contributed by atoms with Crippen LogP contribution in [-0.4, -0.2) is 31.4 Å². The first-order valence-electron chi connectivity index (χ1n) is 5.94. The molecule has 4 nitrogen and oxygen atoms in total. The molecule has 0 saturated carbocycles. The van der Waals surface area contributed by atoms with Crippen LogP contribution < -0.4 is 4.74 Å². The summed E-state index contributed by atoms with van der Waals surface area (Å²) in [5.41, 5.74) is 2.72. The van der Waals surface area contributed by atoms with Crippen LogP contribution in [0.15, 0.2) is 12.1 Å². The number of hydrogen-bond acceptors (Lipinski definition) is 3. The third-order valence-electron chi connectivity index (χ3n) is 3.44. The molecule has 18 heavy (non-hydrogen) atoms. The number of aryl methyl sites for hydroxylation is 2. The van der Waals surface area contributed by atoms with E-state index in [0.29, 0.717) is 13.2 Å². The van der Waals surface area contributed by atoms with Gasteiger partial charge < -0.3 is 14.6 Å². The van der Waals surface area contributed by atoms with Crippen molar-refractivity contribution in [2.45, 2.75) is 25.7 Å². The lowest BCUT2D eigenvalue weighted by atomic mass is 9.73. The molecule has 0 amide bonds. The molecule has 4 heteroatoms. The smallest absolute Gasteiger partial charge is 0.304 e. The molecule has 1 aromatic carbocycles. The summed E-state index contributed by atoms with van der Waals surface area (Å²) in [6, 6.07) is 4.00. The monoisotopic (exact) mass is 250 g/mol. The maximum absolute atomic E-state index is 11.1. The Bertz CT molecular complexity index is 475. The van der Waals surface area contributed by atoms with Gasteiger partial charge in [-0.1, -0.05) is 6.07 Å². The van der Waals surface area contributed by atoms with E-state index in [1.165, 1.54) is 0 Å². The third kappa shape index (κ3) is 2.08. The van der Waals surface area contributed by atoms with Gasteiger partial charge in [0.2, 0.25) is 0 Å². The molecule has 1 N–H and O–H groups in total. The number of carboxylic acids is 1. The Morgan fingerprint density at radius 3 is 2.56 bits per heavy atom. The van der Waals surface area contributed by atoms with Gasteiger partial charge in [-0.3, -0.25) is 4.79 Å². The molecule has 0 aromatic heterocycles. The summed E-state index contributed by atoms with van der Waals surface area (Å²) in [6.45, 7) is 4.88. The van der Waals surface area contributed by atoms with Crippen molar-refractivity contribution in [3.05, 3.63) is 28.8 Å². The average Bonchev–Trinajstić information content (AvgIpc) is 2.22. The quantitative estimate of drug-likeness (QED) is 0.888. The predicted molar refractivity (Wildman–Crippen MR) is 67.2 cm³/mol. The number of benzene rings is 1. The van der Waals surface area contributed by atoms with Gasteiger partial charge in [-0.25, -0.2) is 0 Å². The van der Waals surface area contributed by atoms with Crippen LogP contribution in [0.3, 0.4) is 0 Å². The number of ether oxygens (including phenoxy) is 2. The van der Waals surface area contributed by atoms with Crippen LogP contribution in [0.1, 0.15) is 23.1 Å². The minimum atomic E-state index is -0.805. The van der Waals surface area contributed by atoms with Crippen LogP contribution in [0, 0.1) is 13.8 Å². The highest BCUT2D eigenvalue weighted by atomic mass is 16.5. The first-order valence-corrected chi connectivity index (χ1v) is 5.94. The number of carbonyl (C=O) groups is 1. The molecule has 1 aliphatic heterocycles. The maximum Gasteiger partial charge on any atom is 0.304 e. The van der Waals surface area contributed by atoms with Gasteiger partial charge in [0.1, 0.15) is 5.75 Å². The molecule has 0 unspecified atom stereocenters. The van der Waals surface area contributed by atoms with Crippen molar-refractivity contribution in [3.63, 3.8) is 0 Å². The Morgan fingerprint density at radius 1 is 1.44 bits per heavy atom. The predicted octanol–water partition coefficient (Wildman–Crippen LogP) is 2.05. The van der Waals surface area contributed by atoms with E-state index in [0.717, 1.165) is 22.4 Å². The van der Waals surface area contributed by atoms with Gasteiger partial charge in [0, 0.05) is 5.56 Å². The molecular formula is C14H18O4. The molecule has 0 spiro atoms. The fourth-order valence-electron chi connectivity index (χ4n) is 2.74. The van der Waals surface area contributed by atoms with Gasteiger partial charge in [-0.05, 0) is 31.0 Å². The van der Waals surface area contributed by atoms with Crippen molar-refractivity contribution in [2.75, 3.05) is 20.3 Å². The van der Waals surface area contributed by atoms with Gasteiger partial charge >= 0.3 is 5.97 Å². The van der Waals surface area contributed by atoms with Crippen molar-refractivity contribution >= 4 is 5.97 Å². The van der Waals surface area contributed by atoms with E-state index in [1.54, 1.807) is 7.11 Å². The Morgan fingerprint density at radius 2 is 2.11 bits per heavy atom. The van der Waals surface area contributed by atoms with Crippen LogP contribution in [0.4, 0.5) is 0 Å². The van der Waals surface area contributed by atoms with Crippen LogP contribution in [0.25, 0.3) is 0 Å². The van der Waals surface area contributed by atoms with Crippen molar-refractivity contribution < 1.29 is 19.4 Å². The van der Waals surface area contributed by atoms with Gasteiger partial charge in [0.05, 0.1) is 32.2 Å². The zero-order valence-corrected chi connectivity index (χ0v) is 10.9. The van der Waals surface area contributed by atoms with E-state index in [9.17, 15) is 4.79 Å². The molecule has 1 saturated heterocycles. The van der Waals surface area contributed by atoms with Crippen molar-refractivity contribution in [1.82, 2.24) is 0 Å². The Labute approximate surface area is 107 Å². The van der Waals surface area contributed by atoms with Crippen LogP contribution >= 0.6 is 0 Å². The molecular weight excluding hydrogens is 232 g/mol. The molecule has 1 fully saturated rings. The molecule has 0 atom stereocenters. The van der Waals surface area contributed by atoms with E-state index in [4.69, 9.17) is 14.6 Å². The second-order valence-corrected chi connectivity index (χ2v) is 5.00. The lowest BCUT2D eigenvalue weighted by Crippen LogP contribution is -2.49. The zero-order valence-electron chi connectivity index (χ0n) is 10.9. The molecule has 0 bridgehead atoms. The number of methoxy groups -OCH3 is 1. The summed E-state index contributed by atoms with van der Waals surface area (Å²) < 4.78 is 10.7. The number of rotatable bonds is 4. The van der Waals surface area contributed by atoms with E-state index in [1.807, 2.05) is 19.9 Å². The lowest BCUT2D eigenvalue weighted by molar-refractivity contribution is -0.145. The second-order valence-electron chi connectivity index (χ2n) is 5.00. The van der Waals surface area contributed by atoms with Crippen molar-refractivity contribution in [1.29, 1.82) is 0 Å². The molecule has 1 aromatic rings. The highest BCUT2D eigenvalue weighted by molar-refractivity contribution is 5.70. The van der Waals surface area contributed by atoms with Gasteiger partial charge in [-0.2, -0.15) is 0 Å². The summed E-state index contributed by atoms with van der Waals surface area (Å²) in [7, 11) is 1.62. The van der Waals surface area contributed by atoms with Crippen LogP contribution in [-0.2, 0) is 14.9 Å². The molecule has 2 rings (SSSR count). The Hall–Kier alpha value is -1.55. The highest BCUT2D eigenvalue weighted by Gasteiger charge is 2.45. The largest absolute Gasteiger partial charge is 0.496 e. The first kappa shape index (κ1) is 12.9. The van der Waals surface area contributed by atoms with E-state index >= 15 is 0 Å². The number of carboxylic acid groups (broad SMARTS) is 1. The van der Waals surface area contributed by atoms with Crippen molar-refractivity contribution in [2.24, 2.45) is 0 Å². The Balaban J connectivity index is 2.51. The summed E-state index contributed by atoms with van der Waals surface area (Å²) in [4.78, 5) is 11.1. The normalized spacial score (nSPS) is 17.1. The molecule has 1 aliphatic rings. The first-order chi connectivity index (χ1) is 8.48. The maximum atomic E-state index is 11.1. The zero-order chi connectivity index (χ0) is 13.3.